The van der Waals surface area contributed by atoms with Crippen LogP contribution in [0.2, 0.25) is 0 Å². The highest BCUT2D eigenvalue weighted by molar-refractivity contribution is 7.51. The summed E-state index contributed by atoms with van der Waals surface area (Å²) in [6, 6.07) is 9.74. The molecule has 8 heteroatoms. The molecule has 26 heavy (non-hydrogen) atoms. The first-order valence-corrected chi connectivity index (χ1v) is 10.5. The van der Waals surface area contributed by atoms with Crippen molar-refractivity contribution < 1.29 is 23.1 Å². The molecule has 1 heterocycles. The van der Waals surface area contributed by atoms with Gasteiger partial charge in [0.1, 0.15) is 6.61 Å². The number of carbonyl (C=O) groups excluding carboxylic acids is 1. The molecule has 0 radical (unpaired) electrons. The van der Waals surface area contributed by atoms with Gasteiger partial charge < -0.3 is 9.64 Å². The van der Waals surface area contributed by atoms with Crippen LogP contribution < -0.4 is 0 Å². The van der Waals surface area contributed by atoms with Crippen LogP contribution in [-0.2, 0) is 25.0 Å². The SMILES string of the molecule is CCOP(=O)(OCC)N1C(C)C1CCN(C)C(=O)OCc1ccccc1. The summed E-state index contributed by atoms with van der Waals surface area (Å²) >= 11 is 0. The van der Waals surface area contributed by atoms with E-state index in [1.54, 1.807) is 30.5 Å². The number of hydrogen-bond donors (Lipinski definition) is 0. The zero-order valence-corrected chi connectivity index (χ0v) is 16.9. The predicted octanol–water partition coefficient (Wildman–Crippen LogP) is 3.90. The molecule has 0 spiro atoms. The standard InChI is InChI=1S/C18H29N2O5P/c1-5-24-26(22,25-6-2)20-15(3)17(20)12-13-19(4)18(21)23-14-16-10-8-7-9-11-16/h7-11,15,17H,5-6,12-14H2,1-4H3. The molecule has 1 amide bonds. The van der Waals surface area contributed by atoms with Crippen molar-refractivity contribution in [2.75, 3.05) is 26.8 Å². The Morgan fingerprint density at radius 1 is 1.19 bits per heavy atom. The first-order chi connectivity index (χ1) is 12.4. The molecule has 0 N–H and O–H groups in total. The smallest absolute Gasteiger partial charge is 0.409 e. The Balaban J connectivity index is 1.79. The number of ether oxygens (including phenoxy) is 1. The maximum absolute atomic E-state index is 12.8. The summed E-state index contributed by atoms with van der Waals surface area (Å²) < 4.78 is 30.7. The molecule has 1 saturated heterocycles. The Hall–Kier alpha value is -1.40. The predicted molar refractivity (Wildman–Crippen MR) is 99.8 cm³/mol. The van der Waals surface area contributed by atoms with E-state index >= 15 is 0 Å². The summed E-state index contributed by atoms with van der Waals surface area (Å²) in [5.74, 6) is 0. The summed E-state index contributed by atoms with van der Waals surface area (Å²) in [4.78, 5) is 13.6. The van der Waals surface area contributed by atoms with Crippen molar-refractivity contribution in [3.63, 3.8) is 0 Å². The van der Waals surface area contributed by atoms with Crippen molar-refractivity contribution in [3.05, 3.63) is 35.9 Å². The van der Waals surface area contributed by atoms with E-state index in [1.807, 2.05) is 37.3 Å². The van der Waals surface area contributed by atoms with Gasteiger partial charge in [0.05, 0.1) is 13.2 Å². The number of rotatable bonds is 10. The lowest BCUT2D eigenvalue weighted by atomic mass is 10.2. The van der Waals surface area contributed by atoms with E-state index in [2.05, 4.69) is 0 Å². The van der Waals surface area contributed by atoms with Crippen LogP contribution in [0.1, 0.15) is 32.8 Å². The number of hydrogen-bond acceptors (Lipinski definition) is 5. The highest BCUT2D eigenvalue weighted by Crippen LogP contribution is 2.62. The first kappa shape index (κ1) is 20.9. The summed E-state index contributed by atoms with van der Waals surface area (Å²) in [7, 11) is -1.53. The Morgan fingerprint density at radius 2 is 1.81 bits per heavy atom. The Bertz CT molecular complexity index is 617. The molecule has 1 aromatic rings. The van der Waals surface area contributed by atoms with Crippen LogP contribution in [0.4, 0.5) is 4.79 Å². The van der Waals surface area contributed by atoms with Crippen LogP contribution in [0.25, 0.3) is 0 Å². The average molecular weight is 384 g/mol. The Morgan fingerprint density at radius 3 is 2.38 bits per heavy atom. The topological polar surface area (TPSA) is 68.1 Å². The highest BCUT2D eigenvalue weighted by atomic mass is 31.2. The van der Waals surface area contributed by atoms with Gasteiger partial charge in [-0.25, -0.2) is 9.36 Å². The Kier molecular flexibility index (Phi) is 7.65. The van der Waals surface area contributed by atoms with Gasteiger partial charge in [-0.3, -0.25) is 9.05 Å². The Labute approximate surface area is 155 Å². The maximum atomic E-state index is 12.8. The van der Waals surface area contributed by atoms with Crippen molar-refractivity contribution in [2.24, 2.45) is 0 Å². The van der Waals surface area contributed by atoms with Crippen molar-refractivity contribution in [3.8, 4) is 0 Å². The second kappa shape index (κ2) is 9.51. The number of benzene rings is 1. The van der Waals surface area contributed by atoms with Crippen LogP contribution in [0, 0.1) is 0 Å². The van der Waals surface area contributed by atoms with Crippen molar-refractivity contribution in [2.45, 2.75) is 45.9 Å². The average Bonchev–Trinajstić information content (AvgIpc) is 3.29. The van der Waals surface area contributed by atoms with Gasteiger partial charge in [-0.1, -0.05) is 30.3 Å². The summed E-state index contributed by atoms with van der Waals surface area (Å²) in [5.41, 5.74) is 0.950. The molecule has 0 aromatic heterocycles. The minimum absolute atomic E-state index is 0.0725. The van der Waals surface area contributed by atoms with Crippen LogP contribution in [0.3, 0.4) is 0 Å². The molecule has 1 aromatic carbocycles. The molecule has 2 rings (SSSR count). The quantitative estimate of drug-likeness (QED) is 0.450. The largest absolute Gasteiger partial charge is 0.445 e. The van der Waals surface area contributed by atoms with E-state index in [-0.39, 0.29) is 24.8 Å². The minimum Gasteiger partial charge on any atom is -0.445 e. The lowest BCUT2D eigenvalue weighted by Crippen LogP contribution is -2.29. The molecule has 0 aliphatic carbocycles. The highest BCUT2D eigenvalue weighted by Gasteiger charge is 2.56. The van der Waals surface area contributed by atoms with Gasteiger partial charge in [0, 0.05) is 25.7 Å². The van der Waals surface area contributed by atoms with Gasteiger partial charge in [-0.2, -0.15) is 4.67 Å². The molecule has 7 nitrogen and oxygen atoms in total. The summed E-state index contributed by atoms with van der Waals surface area (Å²) in [6.45, 7) is 7.01. The van der Waals surface area contributed by atoms with Gasteiger partial charge in [0.2, 0.25) is 0 Å². The van der Waals surface area contributed by atoms with Crippen molar-refractivity contribution in [1.29, 1.82) is 0 Å². The molecule has 146 valence electrons. The van der Waals surface area contributed by atoms with Crippen LogP contribution in [0.5, 0.6) is 0 Å². The first-order valence-electron chi connectivity index (χ1n) is 9.02. The van der Waals surface area contributed by atoms with Gasteiger partial charge >= 0.3 is 13.8 Å². The van der Waals surface area contributed by atoms with E-state index in [1.165, 1.54) is 0 Å². The lowest BCUT2D eigenvalue weighted by molar-refractivity contribution is 0.104. The molecule has 1 fully saturated rings. The molecular formula is C18H29N2O5P. The monoisotopic (exact) mass is 384 g/mol. The molecule has 0 bridgehead atoms. The number of carbonyl (C=O) groups is 1. The fourth-order valence-corrected chi connectivity index (χ4v) is 5.12. The zero-order valence-electron chi connectivity index (χ0n) is 16.0. The fraction of sp³-hybridized carbons (Fsp3) is 0.611. The molecule has 0 saturated carbocycles. The summed E-state index contributed by atoms with van der Waals surface area (Å²) in [5, 5.41) is 0. The van der Waals surface area contributed by atoms with E-state index in [4.69, 9.17) is 13.8 Å². The van der Waals surface area contributed by atoms with Gasteiger partial charge in [-0.05, 0) is 32.8 Å². The third kappa shape index (κ3) is 5.30. The second-order valence-corrected chi connectivity index (χ2v) is 8.16. The maximum Gasteiger partial charge on any atom is 0.409 e. The zero-order chi connectivity index (χ0) is 19.2. The molecule has 1 aliphatic heterocycles. The van der Waals surface area contributed by atoms with Gasteiger partial charge in [0.15, 0.2) is 0 Å². The third-order valence-electron chi connectivity index (χ3n) is 4.37. The minimum atomic E-state index is -3.23. The fourth-order valence-electron chi connectivity index (χ4n) is 2.92. The number of nitrogens with zero attached hydrogens (tertiary/aromatic N) is 2. The van der Waals surface area contributed by atoms with E-state index in [0.29, 0.717) is 26.2 Å². The van der Waals surface area contributed by atoms with Crippen molar-refractivity contribution >= 4 is 13.8 Å². The van der Waals surface area contributed by atoms with Gasteiger partial charge in [0.25, 0.3) is 0 Å². The van der Waals surface area contributed by atoms with E-state index in [0.717, 1.165) is 5.56 Å². The third-order valence-corrected chi connectivity index (χ3v) is 6.76. The van der Waals surface area contributed by atoms with Gasteiger partial charge in [-0.15, -0.1) is 0 Å². The molecular weight excluding hydrogens is 355 g/mol. The molecule has 3 atom stereocenters. The van der Waals surface area contributed by atoms with E-state index in [9.17, 15) is 9.36 Å². The molecule has 1 aliphatic rings. The van der Waals surface area contributed by atoms with Crippen LogP contribution in [0.15, 0.2) is 30.3 Å². The number of amides is 1. The second-order valence-electron chi connectivity index (χ2n) is 6.24. The van der Waals surface area contributed by atoms with Crippen LogP contribution >= 0.6 is 7.75 Å². The van der Waals surface area contributed by atoms with Crippen LogP contribution in [-0.4, -0.2) is 54.6 Å². The van der Waals surface area contributed by atoms with Crippen molar-refractivity contribution in [1.82, 2.24) is 9.57 Å². The normalized spacial score (nSPS) is 22.1. The van der Waals surface area contributed by atoms with E-state index < -0.39 is 7.75 Å². The molecule has 3 unspecified atom stereocenters. The summed E-state index contributed by atoms with van der Waals surface area (Å²) in [6.07, 6.45) is 0.314. The lowest BCUT2D eigenvalue weighted by Gasteiger charge is -2.19.